The lowest BCUT2D eigenvalue weighted by atomic mass is 9.99. The van der Waals surface area contributed by atoms with Crippen molar-refractivity contribution in [2.45, 2.75) is 34.1 Å². The number of rotatable bonds is 3. The zero-order chi connectivity index (χ0) is 20.0. The molecule has 1 amide bonds. The fraction of sp³-hybridized carbons (Fsp3) is 0.227. The molecule has 0 spiro atoms. The number of aromatic nitrogens is 1. The summed E-state index contributed by atoms with van der Waals surface area (Å²) in [5.41, 5.74) is 4.56. The number of carbonyl (C=O) groups excluding carboxylic acids is 1. The molecule has 0 radical (unpaired) electrons. The third-order valence-corrected chi connectivity index (χ3v) is 5.06. The zero-order valence-electron chi connectivity index (χ0n) is 16.2. The van der Waals surface area contributed by atoms with Gasteiger partial charge in [-0.1, -0.05) is 0 Å². The molecule has 3 heterocycles. The molecule has 0 saturated carbocycles. The standard InChI is InChI=1S/C22H20N2O4/c1-11-5-6-23-18(7-11)24-19(25)9-17-13(3)16-8-15-12(2)10-27-20(15)14(4)21(16)28-22(17)26/h5-8,10H,9H2,1-4H3,(H,23,24,25). The van der Waals surface area contributed by atoms with Gasteiger partial charge in [-0.3, -0.25) is 4.79 Å². The highest BCUT2D eigenvalue weighted by Crippen LogP contribution is 2.32. The van der Waals surface area contributed by atoms with Crippen molar-refractivity contribution in [1.29, 1.82) is 0 Å². The maximum atomic E-state index is 12.6. The third-order valence-electron chi connectivity index (χ3n) is 5.06. The summed E-state index contributed by atoms with van der Waals surface area (Å²) in [6.07, 6.45) is 3.23. The van der Waals surface area contributed by atoms with Crippen LogP contribution in [0.25, 0.3) is 21.9 Å². The highest BCUT2D eigenvalue weighted by molar-refractivity contribution is 6.00. The van der Waals surface area contributed by atoms with Crippen molar-refractivity contribution in [2.24, 2.45) is 0 Å². The second-order valence-electron chi connectivity index (χ2n) is 7.11. The summed E-state index contributed by atoms with van der Waals surface area (Å²) in [5, 5.41) is 4.52. The lowest BCUT2D eigenvalue weighted by Gasteiger charge is -2.10. The molecule has 1 aromatic carbocycles. The topological polar surface area (TPSA) is 85.3 Å². The molecular weight excluding hydrogens is 356 g/mol. The summed E-state index contributed by atoms with van der Waals surface area (Å²) in [6, 6.07) is 5.58. The summed E-state index contributed by atoms with van der Waals surface area (Å²) in [7, 11) is 0. The molecule has 0 aliphatic carbocycles. The van der Waals surface area contributed by atoms with Crippen LogP contribution in [0.1, 0.15) is 27.8 Å². The number of hydrogen-bond acceptors (Lipinski definition) is 5. The van der Waals surface area contributed by atoms with Crippen LogP contribution in [0.3, 0.4) is 0 Å². The van der Waals surface area contributed by atoms with Crippen LogP contribution in [0.4, 0.5) is 5.82 Å². The summed E-state index contributed by atoms with van der Waals surface area (Å²) in [6.45, 7) is 7.59. The Balaban J connectivity index is 1.77. The van der Waals surface area contributed by atoms with E-state index in [1.54, 1.807) is 18.5 Å². The molecule has 0 fully saturated rings. The van der Waals surface area contributed by atoms with E-state index in [-0.39, 0.29) is 12.3 Å². The number of fused-ring (bicyclic) bond motifs is 2. The maximum absolute atomic E-state index is 12.6. The number of aryl methyl sites for hydroxylation is 4. The highest BCUT2D eigenvalue weighted by Gasteiger charge is 2.19. The van der Waals surface area contributed by atoms with Gasteiger partial charge < -0.3 is 14.2 Å². The molecule has 28 heavy (non-hydrogen) atoms. The molecule has 4 rings (SSSR count). The van der Waals surface area contributed by atoms with E-state index in [4.69, 9.17) is 8.83 Å². The predicted molar refractivity (Wildman–Crippen MR) is 108 cm³/mol. The largest absolute Gasteiger partial charge is 0.464 e. The Hall–Kier alpha value is -3.41. The van der Waals surface area contributed by atoms with Crippen molar-refractivity contribution in [3.63, 3.8) is 0 Å². The van der Waals surface area contributed by atoms with E-state index >= 15 is 0 Å². The first kappa shape index (κ1) is 18.0. The summed E-state index contributed by atoms with van der Waals surface area (Å²) < 4.78 is 11.2. The minimum atomic E-state index is -0.511. The van der Waals surface area contributed by atoms with Gasteiger partial charge in [0.25, 0.3) is 0 Å². The van der Waals surface area contributed by atoms with Gasteiger partial charge in [0, 0.05) is 22.5 Å². The van der Waals surface area contributed by atoms with Crippen LogP contribution in [-0.4, -0.2) is 10.9 Å². The number of nitrogens with zero attached hydrogens (tertiary/aromatic N) is 1. The summed E-state index contributed by atoms with van der Waals surface area (Å²) >= 11 is 0. The second kappa shape index (κ2) is 6.64. The molecule has 0 unspecified atom stereocenters. The normalized spacial score (nSPS) is 11.3. The van der Waals surface area contributed by atoms with Crippen LogP contribution >= 0.6 is 0 Å². The van der Waals surface area contributed by atoms with E-state index in [2.05, 4.69) is 10.3 Å². The molecule has 0 atom stereocenters. The molecule has 6 nitrogen and oxygen atoms in total. The lowest BCUT2D eigenvalue weighted by Crippen LogP contribution is -2.21. The fourth-order valence-corrected chi connectivity index (χ4v) is 3.48. The number of pyridine rings is 1. The first-order valence-electron chi connectivity index (χ1n) is 9.01. The van der Waals surface area contributed by atoms with Crippen molar-refractivity contribution in [3.8, 4) is 0 Å². The van der Waals surface area contributed by atoms with Gasteiger partial charge >= 0.3 is 5.63 Å². The molecular formula is C22H20N2O4. The van der Waals surface area contributed by atoms with E-state index in [0.717, 1.165) is 33.0 Å². The van der Waals surface area contributed by atoms with Crippen LogP contribution < -0.4 is 10.9 Å². The van der Waals surface area contributed by atoms with Gasteiger partial charge in [0.2, 0.25) is 5.91 Å². The molecule has 4 aromatic rings. The lowest BCUT2D eigenvalue weighted by molar-refractivity contribution is -0.115. The molecule has 0 saturated heterocycles. The number of amides is 1. The Morgan fingerprint density at radius 3 is 2.61 bits per heavy atom. The number of benzene rings is 1. The first-order chi connectivity index (χ1) is 13.3. The molecule has 142 valence electrons. The molecule has 0 aliphatic rings. The van der Waals surface area contributed by atoms with Crippen molar-refractivity contribution in [1.82, 2.24) is 4.98 Å². The summed E-state index contributed by atoms with van der Waals surface area (Å²) in [5.74, 6) is 0.143. The van der Waals surface area contributed by atoms with Gasteiger partial charge in [0.1, 0.15) is 17.0 Å². The smallest absolute Gasteiger partial charge is 0.340 e. The molecule has 0 bridgehead atoms. The highest BCUT2D eigenvalue weighted by atomic mass is 16.4. The van der Waals surface area contributed by atoms with Gasteiger partial charge in [-0.15, -0.1) is 0 Å². The van der Waals surface area contributed by atoms with Crippen molar-refractivity contribution in [3.05, 3.63) is 68.9 Å². The maximum Gasteiger partial charge on any atom is 0.340 e. The van der Waals surface area contributed by atoms with E-state index in [1.165, 1.54) is 0 Å². The average Bonchev–Trinajstić information content (AvgIpc) is 3.01. The van der Waals surface area contributed by atoms with Gasteiger partial charge in [-0.2, -0.15) is 0 Å². The second-order valence-corrected chi connectivity index (χ2v) is 7.11. The van der Waals surface area contributed by atoms with E-state index < -0.39 is 5.63 Å². The SMILES string of the molecule is Cc1ccnc(NC(=O)Cc2c(C)c3cc4c(C)coc4c(C)c3oc2=O)c1. The fourth-order valence-electron chi connectivity index (χ4n) is 3.48. The number of furan rings is 1. The van der Waals surface area contributed by atoms with E-state index in [1.807, 2.05) is 39.8 Å². The van der Waals surface area contributed by atoms with Gasteiger partial charge in [0.05, 0.1) is 18.2 Å². The predicted octanol–water partition coefficient (Wildman–Crippen LogP) is 4.35. The zero-order valence-corrected chi connectivity index (χ0v) is 16.2. The van der Waals surface area contributed by atoms with Gasteiger partial charge in [-0.25, -0.2) is 9.78 Å². The monoisotopic (exact) mass is 376 g/mol. The number of carbonyl (C=O) groups is 1. The summed E-state index contributed by atoms with van der Waals surface area (Å²) in [4.78, 5) is 29.2. The molecule has 6 heteroatoms. The van der Waals surface area contributed by atoms with Crippen molar-refractivity contribution >= 4 is 33.7 Å². The molecule has 3 aromatic heterocycles. The minimum Gasteiger partial charge on any atom is -0.464 e. The average molecular weight is 376 g/mol. The Kier molecular flexibility index (Phi) is 4.26. The van der Waals surface area contributed by atoms with Crippen molar-refractivity contribution < 1.29 is 13.6 Å². The Bertz CT molecular complexity index is 1300. The van der Waals surface area contributed by atoms with Gasteiger partial charge in [0.15, 0.2) is 0 Å². The Morgan fingerprint density at radius 2 is 1.86 bits per heavy atom. The Morgan fingerprint density at radius 1 is 1.07 bits per heavy atom. The minimum absolute atomic E-state index is 0.0822. The molecule has 1 N–H and O–H groups in total. The third kappa shape index (κ3) is 2.97. The van der Waals surface area contributed by atoms with Crippen LogP contribution in [0.15, 0.2) is 44.3 Å². The number of nitrogens with one attached hydrogen (secondary N) is 1. The number of hydrogen-bond donors (Lipinski definition) is 1. The quantitative estimate of drug-likeness (QED) is 0.537. The Labute approximate surface area is 161 Å². The number of anilines is 1. The van der Waals surface area contributed by atoms with Crippen LogP contribution in [0.5, 0.6) is 0 Å². The van der Waals surface area contributed by atoms with E-state index in [0.29, 0.717) is 22.5 Å². The van der Waals surface area contributed by atoms with Crippen molar-refractivity contribution in [2.75, 3.05) is 5.32 Å². The van der Waals surface area contributed by atoms with Crippen LogP contribution in [0.2, 0.25) is 0 Å². The molecule has 0 aliphatic heterocycles. The van der Waals surface area contributed by atoms with Gasteiger partial charge in [-0.05, 0) is 62.6 Å². The van der Waals surface area contributed by atoms with E-state index in [9.17, 15) is 9.59 Å². The van der Waals surface area contributed by atoms with Crippen LogP contribution in [-0.2, 0) is 11.2 Å². The first-order valence-corrected chi connectivity index (χ1v) is 9.01. The van der Waals surface area contributed by atoms with Crippen LogP contribution in [0, 0.1) is 27.7 Å².